The van der Waals surface area contributed by atoms with Crippen molar-refractivity contribution in [1.82, 2.24) is 10.3 Å². The van der Waals surface area contributed by atoms with Gasteiger partial charge in [0, 0.05) is 24.8 Å². The van der Waals surface area contributed by atoms with Crippen molar-refractivity contribution in [3.8, 4) is 11.5 Å². The van der Waals surface area contributed by atoms with Gasteiger partial charge in [0.1, 0.15) is 23.9 Å². The number of aromatic nitrogens is 1. The number of nitrogen functional groups attached to an aromatic ring is 1. The summed E-state index contributed by atoms with van der Waals surface area (Å²) in [6.45, 7) is 0.964. The summed E-state index contributed by atoms with van der Waals surface area (Å²) in [6.07, 6.45) is 0.880. The number of hydrogen-bond acceptors (Lipinski definition) is 7. The minimum Gasteiger partial charge on any atom is -0.492 e. The number of pyridine rings is 1. The van der Waals surface area contributed by atoms with Crippen molar-refractivity contribution in [1.29, 1.82) is 0 Å². The maximum atomic E-state index is 10.4. The Morgan fingerprint density at radius 1 is 1.16 bits per heavy atom. The summed E-state index contributed by atoms with van der Waals surface area (Å²) in [5, 5.41) is 21.6. The summed E-state index contributed by atoms with van der Waals surface area (Å²) in [7, 11) is 0. The highest BCUT2D eigenvalue weighted by Gasteiger charge is 2.07. The van der Waals surface area contributed by atoms with Gasteiger partial charge in [0.05, 0.1) is 6.10 Å². The van der Waals surface area contributed by atoms with Crippen LogP contribution in [-0.4, -0.2) is 47.5 Å². The number of carboxylic acid groups (broad SMARTS) is 1. The maximum absolute atomic E-state index is 10.4. The predicted molar refractivity (Wildman–Crippen MR) is 91.5 cm³/mol. The van der Waals surface area contributed by atoms with Crippen LogP contribution in [0.5, 0.6) is 11.5 Å². The molecule has 5 N–H and O–H groups in total. The summed E-state index contributed by atoms with van der Waals surface area (Å²) in [6, 6.07) is 10.1. The number of aliphatic hydroxyl groups is 1. The van der Waals surface area contributed by atoms with E-state index in [0.29, 0.717) is 42.6 Å². The van der Waals surface area contributed by atoms with Gasteiger partial charge in [-0.3, -0.25) is 0 Å². The van der Waals surface area contributed by atoms with E-state index in [2.05, 4.69) is 10.3 Å². The number of nitrogens with zero attached hydrogens (tertiary/aromatic N) is 1. The number of rotatable bonds is 10. The van der Waals surface area contributed by atoms with Crippen LogP contribution in [0.3, 0.4) is 0 Å². The van der Waals surface area contributed by atoms with Gasteiger partial charge in [-0.25, -0.2) is 9.78 Å². The lowest BCUT2D eigenvalue weighted by atomic mass is 10.1. The molecule has 1 unspecified atom stereocenters. The van der Waals surface area contributed by atoms with E-state index in [9.17, 15) is 9.90 Å². The van der Waals surface area contributed by atoms with Crippen molar-refractivity contribution in [2.75, 3.05) is 32.0 Å². The van der Waals surface area contributed by atoms with Crippen molar-refractivity contribution in [2.45, 2.75) is 6.10 Å². The lowest BCUT2D eigenvalue weighted by Crippen LogP contribution is -2.26. The molecule has 8 nitrogen and oxygen atoms in total. The van der Waals surface area contributed by atoms with E-state index in [1.807, 2.05) is 0 Å². The van der Waals surface area contributed by atoms with Crippen LogP contribution in [0.1, 0.15) is 11.7 Å². The Morgan fingerprint density at radius 3 is 2.44 bits per heavy atom. The SMILES string of the molecule is Nc1ccc(C(O)CNCCOc2ccc(OCC(=O)O)cc2)cn1. The van der Waals surface area contributed by atoms with Crippen molar-refractivity contribution >= 4 is 11.8 Å². The van der Waals surface area contributed by atoms with E-state index in [-0.39, 0.29) is 6.61 Å². The molecule has 134 valence electrons. The third kappa shape index (κ3) is 6.66. The van der Waals surface area contributed by atoms with Crippen LogP contribution in [0.15, 0.2) is 42.6 Å². The van der Waals surface area contributed by atoms with Crippen LogP contribution >= 0.6 is 0 Å². The summed E-state index contributed by atoms with van der Waals surface area (Å²) < 4.78 is 10.6. The minimum absolute atomic E-state index is 0.372. The molecule has 1 atom stereocenters. The first-order valence-electron chi connectivity index (χ1n) is 7.72. The molecule has 2 aromatic rings. The zero-order valence-corrected chi connectivity index (χ0v) is 13.6. The van der Waals surface area contributed by atoms with Gasteiger partial charge in [0.15, 0.2) is 6.61 Å². The standard InChI is InChI=1S/C17H21N3O5/c18-16-6-1-12(9-20-16)15(21)10-19-7-8-24-13-2-4-14(5-3-13)25-11-17(22)23/h1-6,9,15,19,21H,7-8,10-11H2,(H2,18,20)(H,22,23). The third-order valence-corrected chi connectivity index (χ3v) is 3.27. The van der Waals surface area contributed by atoms with Crippen molar-refractivity contribution < 1.29 is 24.5 Å². The molecule has 1 aromatic carbocycles. The summed E-state index contributed by atoms with van der Waals surface area (Å²) in [5.74, 6) is 0.501. The van der Waals surface area contributed by atoms with Crippen LogP contribution in [-0.2, 0) is 4.79 Å². The van der Waals surface area contributed by atoms with Crippen molar-refractivity contribution in [3.05, 3.63) is 48.2 Å². The number of nitrogens with one attached hydrogen (secondary N) is 1. The number of carbonyl (C=O) groups is 1. The molecule has 0 radical (unpaired) electrons. The van der Waals surface area contributed by atoms with Gasteiger partial charge in [0.25, 0.3) is 0 Å². The Bertz CT molecular complexity index is 661. The molecule has 0 fully saturated rings. The molecule has 1 heterocycles. The van der Waals surface area contributed by atoms with Gasteiger partial charge in [-0.05, 0) is 30.3 Å². The number of aliphatic hydroxyl groups excluding tert-OH is 1. The Kier molecular flexibility index (Phi) is 7.00. The first kappa shape index (κ1) is 18.5. The van der Waals surface area contributed by atoms with E-state index in [1.165, 1.54) is 0 Å². The van der Waals surface area contributed by atoms with Gasteiger partial charge >= 0.3 is 5.97 Å². The van der Waals surface area contributed by atoms with E-state index in [1.54, 1.807) is 42.6 Å². The van der Waals surface area contributed by atoms with Crippen LogP contribution < -0.4 is 20.5 Å². The summed E-state index contributed by atoms with van der Waals surface area (Å²) in [4.78, 5) is 14.3. The molecule has 2 rings (SSSR count). The number of ether oxygens (including phenoxy) is 2. The van der Waals surface area contributed by atoms with Crippen molar-refractivity contribution in [3.63, 3.8) is 0 Å². The number of carboxylic acids is 1. The summed E-state index contributed by atoms with van der Waals surface area (Å²) in [5.41, 5.74) is 6.20. The minimum atomic E-state index is -1.02. The normalized spacial score (nSPS) is 11.7. The first-order chi connectivity index (χ1) is 12.0. The Hall–Kier alpha value is -2.84. The van der Waals surface area contributed by atoms with Gasteiger partial charge in [0.2, 0.25) is 0 Å². The van der Waals surface area contributed by atoms with E-state index < -0.39 is 12.1 Å². The monoisotopic (exact) mass is 347 g/mol. The molecule has 25 heavy (non-hydrogen) atoms. The number of nitrogens with two attached hydrogens (primary N) is 1. The van der Waals surface area contributed by atoms with Crippen LogP contribution in [0.2, 0.25) is 0 Å². The molecule has 0 spiro atoms. The number of anilines is 1. The molecule has 0 aliphatic carbocycles. The second-order valence-corrected chi connectivity index (χ2v) is 5.24. The van der Waals surface area contributed by atoms with Gasteiger partial charge < -0.3 is 30.7 Å². The first-order valence-corrected chi connectivity index (χ1v) is 7.72. The molecule has 0 saturated heterocycles. The molecule has 0 saturated carbocycles. The van der Waals surface area contributed by atoms with Gasteiger partial charge in [-0.2, -0.15) is 0 Å². The fraction of sp³-hybridized carbons (Fsp3) is 0.294. The highest BCUT2D eigenvalue weighted by atomic mass is 16.5. The maximum Gasteiger partial charge on any atom is 0.341 e. The van der Waals surface area contributed by atoms with E-state index in [4.69, 9.17) is 20.3 Å². The lowest BCUT2D eigenvalue weighted by molar-refractivity contribution is -0.139. The quantitative estimate of drug-likeness (QED) is 0.466. The smallest absolute Gasteiger partial charge is 0.341 e. The molecule has 8 heteroatoms. The van der Waals surface area contributed by atoms with Crippen molar-refractivity contribution in [2.24, 2.45) is 0 Å². The second kappa shape index (κ2) is 9.45. The Labute approximate surface area is 145 Å². The van der Waals surface area contributed by atoms with Gasteiger partial charge in [-0.1, -0.05) is 6.07 Å². The highest BCUT2D eigenvalue weighted by Crippen LogP contribution is 2.17. The number of hydrogen-bond donors (Lipinski definition) is 4. The molecule has 1 aromatic heterocycles. The average Bonchev–Trinajstić information content (AvgIpc) is 2.61. The third-order valence-electron chi connectivity index (χ3n) is 3.27. The number of aliphatic carboxylic acids is 1. The van der Waals surface area contributed by atoms with Gasteiger partial charge in [-0.15, -0.1) is 0 Å². The fourth-order valence-corrected chi connectivity index (χ4v) is 1.99. The lowest BCUT2D eigenvalue weighted by Gasteiger charge is -2.12. The molecular weight excluding hydrogens is 326 g/mol. The van der Waals surface area contributed by atoms with Crippen LogP contribution in [0.4, 0.5) is 5.82 Å². The summed E-state index contributed by atoms with van der Waals surface area (Å²) >= 11 is 0. The topological polar surface area (TPSA) is 127 Å². The average molecular weight is 347 g/mol. The zero-order chi connectivity index (χ0) is 18.1. The Balaban J connectivity index is 1.64. The predicted octanol–water partition coefficient (Wildman–Crippen LogP) is 0.829. The highest BCUT2D eigenvalue weighted by molar-refractivity contribution is 5.68. The van der Waals surface area contributed by atoms with E-state index in [0.717, 1.165) is 0 Å². The zero-order valence-electron chi connectivity index (χ0n) is 13.6. The molecular formula is C17H21N3O5. The van der Waals surface area contributed by atoms with Crippen LogP contribution in [0.25, 0.3) is 0 Å². The van der Waals surface area contributed by atoms with Crippen LogP contribution in [0, 0.1) is 0 Å². The molecule has 0 aliphatic rings. The molecule has 0 bridgehead atoms. The van der Waals surface area contributed by atoms with E-state index >= 15 is 0 Å². The largest absolute Gasteiger partial charge is 0.492 e. The fourth-order valence-electron chi connectivity index (χ4n) is 1.99. The molecule has 0 aliphatic heterocycles. The Morgan fingerprint density at radius 2 is 1.84 bits per heavy atom. The second-order valence-electron chi connectivity index (χ2n) is 5.24. The number of benzene rings is 1. The molecule has 0 amide bonds.